The van der Waals surface area contributed by atoms with E-state index in [0.29, 0.717) is 23.0 Å². The maximum Gasteiger partial charge on any atom is 0.253 e. The first-order chi connectivity index (χ1) is 12.1. The normalized spacial score (nSPS) is 16.4. The van der Waals surface area contributed by atoms with E-state index in [0.717, 1.165) is 18.4 Å². The number of halogens is 1. The average Bonchev–Trinajstić information content (AvgIpc) is 3.13. The molecule has 130 valence electrons. The van der Waals surface area contributed by atoms with Gasteiger partial charge in [0, 0.05) is 23.0 Å². The van der Waals surface area contributed by atoms with Gasteiger partial charge in [0.15, 0.2) is 0 Å². The van der Waals surface area contributed by atoms with Gasteiger partial charge in [0.25, 0.3) is 5.91 Å². The molecule has 0 aromatic heterocycles. The summed E-state index contributed by atoms with van der Waals surface area (Å²) >= 11 is 6.06. The highest BCUT2D eigenvalue weighted by Gasteiger charge is 2.23. The van der Waals surface area contributed by atoms with Crippen molar-refractivity contribution in [2.75, 3.05) is 17.2 Å². The lowest BCUT2D eigenvalue weighted by atomic mass is 10.1. The lowest BCUT2D eigenvalue weighted by Gasteiger charge is -2.11. The molecule has 2 aromatic rings. The molecule has 2 N–H and O–H groups in total. The molecule has 0 aliphatic carbocycles. The smallest absolute Gasteiger partial charge is 0.253 e. The fourth-order valence-corrected chi connectivity index (χ4v) is 2.87. The number of ether oxygens (including phenoxy) is 1. The van der Waals surface area contributed by atoms with E-state index in [1.165, 1.54) is 0 Å². The van der Waals surface area contributed by atoms with Gasteiger partial charge in [-0.15, -0.1) is 0 Å². The summed E-state index contributed by atoms with van der Waals surface area (Å²) in [5, 5.41) is 6.21. The minimum absolute atomic E-state index is 0.131. The van der Waals surface area contributed by atoms with Gasteiger partial charge in [0.2, 0.25) is 5.91 Å². The Morgan fingerprint density at radius 1 is 1.04 bits per heavy atom. The molecule has 0 unspecified atom stereocenters. The number of carbonyl (C=O) groups excluding carboxylic acids is 2. The molecule has 0 bridgehead atoms. The maximum atomic E-state index is 12.1. The van der Waals surface area contributed by atoms with Gasteiger partial charge in [-0.25, -0.2) is 0 Å². The summed E-state index contributed by atoms with van der Waals surface area (Å²) in [4.78, 5) is 24.1. The zero-order chi connectivity index (χ0) is 17.6. The number of carbonyl (C=O) groups is 2. The van der Waals surface area contributed by atoms with Gasteiger partial charge in [-0.1, -0.05) is 29.8 Å². The van der Waals surface area contributed by atoms with E-state index in [1.54, 1.807) is 30.3 Å². The maximum absolute atomic E-state index is 12.1. The molecule has 5 nitrogen and oxygen atoms in total. The Morgan fingerprint density at radius 2 is 1.72 bits per heavy atom. The molecule has 0 saturated carbocycles. The van der Waals surface area contributed by atoms with E-state index in [4.69, 9.17) is 16.3 Å². The summed E-state index contributed by atoms with van der Waals surface area (Å²) in [6, 6.07) is 14.2. The van der Waals surface area contributed by atoms with Gasteiger partial charge < -0.3 is 15.4 Å². The highest BCUT2D eigenvalue weighted by atomic mass is 35.5. The second kappa shape index (κ2) is 8.14. The fraction of sp³-hybridized carbons (Fsp3) is 0.263. The molecule has 1 aliphatic heterocycles. The minimum Gasteiger partial charge on any atom is -0.368 e. The van der Waals surface area contributed by atoms with Crippen molar-refractivity contribution < 1.29 is 14.3 Å². The molecule has 2 aromatic carbocycles. The molecular weight excluding hydrogens is 340 g/mol. The van der Waals surface area contributed by atoms with E-state index in [2.05, 4.69) is 10.6 Å². The van der Waals surface area contributed by atoms with E-state index in [-0.39, 0.29) is 24.3 Å². The number of hydrogen-bond donors (Lipinski definition) is 2. The van der Waals surface area contributed by atoms with Crippen LogP contribution in [-0.2, 0) is 20.7 Å². The van der Waals surface area contributed by atoms with Crippen molar-refractivity contribution in [2.45, 2.75) is 25.4 Å². The van der Waals surface area contributed by atoms with Crippen molar-refractivity contribution in [3.8, 4) is 0 Å². The summed E-state index contributed by atoms with van der Waals surface area (Å²) in [6.45, 7) is 0.633. The molecule has 1 saturated heterocycles. The molecule has 1 atom stereocenters. The Kier molecular flexibility index (Phi) is 5.68. The number of rotatable bonds is 5. The van der Waals surface area contributed by atoms with Gasteiger partial charge in [0.1, 0.15) is 6.10 Å². The molecular formula is C19H19ClN2O3. The van der Waals surface area contributed by atoms with Crippen LogP contribution in [0, 0.1) is 0 Å². The average molecular weight is 359 g/mol. The molecule has 1 fully saturated rings. The third-order valence-electron chi connectivity index (χ3n) is 3.97. The Labute approximate surface area is 151 Å². The second-order valence-electron chi connectivity index (χ2n) is 5.88. The monoisotopic (exact) mass is 358 g/mol. The third kappa shape index (κ3) is 4.81. The van der Waals surface area contributed by atoms with Crippen LogP contribution in [0.2, 0.25) is 5.02 Å². The zero-order valence-electron chi connectivity index (χ0n) is 13.6. The van der Waals surface area contributed by atoms with Crippen LogP contribution in [0.15, 0.2) is 48.5 Å². The fourth-order valence-electron chi connectivity index (χ4n) is 2.66. The zero-order valence-corrected chi connectivity index (χ0v) is 14.4. The van der Waals surface area contributed by atoms with Crippen LogP contribution in [0.4, 0.5) is 11.4 Å². The molecule has 1 aliphatic rings. The van der Waals surface area contributed by atoms with Crippen molar-refractivity contribution in [2.24, 2.45) is 0 Å². The molecule has 1 heterocycles. The quantitative estimate of drug-likeness (QED) is 0.857. The number of amides is 2. The van der Waals surface area contributed by atoms with Gasteiger partial charge >= 0.3 is 0 Å². The van der Waals surface area contributed by atoms with Crippen LogP contribution in [0.3, 0.4) is 0 Å². The largest absolute Gasteiger partial charge is 0.368 e. The van der Waals surface area contributed by atoms with Crippen LogP contribution in [0.5, 0.6) is 0 Å². The standard InChI is InChI=1S/C19H19ClN2O3/c20-16-5-2-1-4-13(16)12-18(23)21-14-7-9-15(10-8-14)22-19(24)17-6-3-11-25-17/h1-2,4-5,7-10,17H,3,6,11-12H2,(H,21,23)(H,22,24)/t17-/m1/s1. The Bertz CT molecular complexity index is 756. The molecule has 3 rings (SSSR count). The number of hydrogen-bond acceptors (Lipinski definition) is 3. The van der Waals surface area contributed by atoms with Crippen molar-refractivity contribution in [1.82, 2.24) is 0 Å². The van der Waals surface area contributed by atoms with Gasteiger partial charge in [-0.2, -0.15) is 0 Å². The van der Waals surface area contributed by atoms with E-state index < -0.39 is 0 Å². The Balaban J connectivity index is 1.54. The molecule has 0 radical (unpaired) electrons. The molecule has 25 heavy (non-hydrogen) atoms. The van der Waals surface area contributed by atoms with Crippen molar-refractivity contribution in [3.05, 3.63) is 59.1 Å². The third-order valence-corrected chi connectivity index (χ3v) is 4.34. The van der Waals surface area contributed by atoms with Crippen LogP contribution >= 0.6 is 11.6 Å². The predicted octanol–water partition coefficient (Wildman–Crippen LogP) is 3.64. The highest BCUT2D eigenvalue weighted by Crippen LogP contribution is 2.19. The summed E-state index contributed by atoms with van der Waals surface area (Å²) in [7, 11) is 0. The van der Waals surface area contributed by atoms with Crippen LogP contribution in [-0.4, -0.2) is 24.5 Å². The minimum atomic E-state index is -0.366. The van der Waals surface area contributed by atoms with Crippen molar-refractivity contribution in [1.29, 1.82) is 0 Å². The van der Waals surface area contributed by atoms with Crippen molar-refractivity contribution >= 4 is 34.8 Å². The summed E-state index contributed by atoms with van der Waals surface area (Å²) in [5.41, 5.74) is 2.11. The lowest BCUT2D eigenvalue weighted by Crippen LogP contribution is -2.26. The predicted molar refractivity (Wildman–Crippen MR) is 97.8 cm³/mol. The Morgan fingerprint density at radius 3 is 2.36 bits per heavy atom. The van der Waals surface area contributed by atoms with Crippen LogP contribution in [0.25, 0.3) is 0 Å². The van der Waals surface area contributed by atoms with Crippen molar-refractivity contribution in [3.63, 3.8) is 0 Å². The first-order valence-electron chi connectivity index (χ1n) is 8.17. The summed E-state index contributed by atoms with van der Waals surface area (Å²) in [6.07, 6.45) is 1.50. The first kappa shape index (κ1) is 17.5. The van der Waals surface area contributed by atoms with E-state index in [9.17, 15) is 9.59 Å². The van der Waals surface area contributed by atoms with E-state index >= 15 is 0 Å². The summed E-state index contributed by atoms with van der Waals surface area (Å²) in [5.74, 6) is -0.280. The van der Waals surface area contributed by atoms with Gasteiger partial charge in [0.05, 0.1) is 6.42 Å². The number of anilines is 2. The van der Waals surface area contributed by atoms with Gasteiger partial charge in [-0.05, 0) is 48.7 Å². The number of nitrogens with one attached hydrogen (secondary N) is 2. The first-order valence-corrected chi connectivity index (χ1v) is 8.55. The second-order valence-corrected chi connectivity index (χ2v) is 6.29. The molecule has 2 amide bonds. The molecule has 0 spiro atoms. The molecule has 6 heteroatoms. The lowest BCUT2D eigenvalue weighted by molar-refractivity contribution is -0.124. The number of benzene rings is 2. The topological polar surface area (TPSA) is 67.4 Å². The van der Waals surface area contributed by atoms with Gasteiger partial charge in [-0.3, -0.25) is 9.59 Å². The SMILES string of the molecule is O=C(Cc1ccccc1Cl)Nc1ccc(NC(=O)[C@H]2CCCO2)cc1. The summed E-state index contributed by atoms with van der Waals surface area (Å²) < 4.78 is 5.35. The Hall–Kier alpha value is -2.37. The van der Waals surface area contributed by atoms with E-state index in [1.807, 2.05) is 18.2 Å². The van der Waals surface area contributed by atoms with Crippen LogP contribution < -0.4 is 10.6 Å². The van der Waals surface area contributed by atoms with Crippen LogP contribution in [0.1, 0.15) is 18.4 Å². The highest BCUT2D eigenvalue weighted by molar-refractivity contribution is 6.31.